The molecule has 1 saturated heterocycles. The molecule has 0 radical (unpaired) electrons. The van der Waals surface area contributed by atoms with E-state index in [0.717, 1.165) is 37.4 Å². The molecule has 10 nitrogen and oxygen atoms in total. The molecule has 2 aromatic heterocycles. The standard InChI is InChI=1S/C24H27N7O3/c1-16-12-27-22(13-26-16)30-24(33)29-20-7-6-17(11-21(20)34-2)23(32)28-19-8-10-31(15-19)14-18-5-3-4-9-25-18/h3-7,9,11-13,19H,8,10,14-15H2,1-2H3,(H,28,32)(H2,27,29,30,33)/t19-/m0/s1. The first kappa shape index (κ1) is 23.1. The van der Waals surface area contributed by atoms with Crippen LogP contribution >= 0.6 is 0 Å². The number of aromatic nitrogens is 3. The van der Waals surface area contributed by atoms with Crippen LogP contribution in [0.2, 0.25) is 0 Å². The fraction of sp³-hybridized carbons (Fsp3) is 0.292. The van der Waals surface area contributed by atoms with E-state index in [1.165, 1.54) is 13.3 Å². The molecule has 4 rings (SSSR count). The molecule has 0 spiro atoms. The second-order valence-electron chi connectivity index (χ2n) is 8.05. The molecule has 0 saturated carbocycles. The van der Waals surface area contributed by atoms with Gasteiger partial charge in [0.15, 0.2) is 5.82 Å². The molecule has 1 fully saturated rings. The van der Waals surface area contributed by atoms with Crippen molar-refractivity contribution in [3.63, 3.8) is 0 Å². The van der Waals surface area contributed by atoms with Crippen molar-refractivity contribution in [1.29, 1.82) is 0 Å². The summed E-state index contributed by atoms with van der Waals surface area (Å²) in [5, 5.41) is 8.40. The Labute approximate surface area is 197 Å². The number of carbonyl (C=O) groups excluding carboxylic acids is 2. The molecule has 34 heavy (non-hydrogen) atoms. The van der Waals surface area contributed by atoms with Gasteiger partial charge in [0.2, 0.25) is 0 Å². The van der Waals surface area contributed by atoms with Crippen molar-refractivity contribution in [3.05, 3.63) is 71.9 Å². The highest BCUT2D eigenvalue weighted by Crippen LogP contribution is 2.26. The zero-order valence-electron chi connectivity index (χ0n) is 19.1. The van der Waals surface area contributed by atoms with E-state index in [4.69, 9.17) is 4.74 Å². The number of nitrogens with zero attached hydrogens (tertiary/aromatic N) is 4. The van der Waals surface area contributed by atoms with Crippen LogP contribution in [0.15, 0.2) is 55.0 Å². The average Bonchev–Trinajstić information content (AvgIpc) is 3.27. The predicted octanol–water partition coefficient (Wildman–Crippen LogP) is 2.84. The van der Waals surface area contributed by atoms with Gasteiger partial charge < -0.3 is 15.4 Å². The van der Waals surface area contributed by atoms with E-state index in [1.807, 2.05) is 25.1 Å². The smallest absolute Gasteiger partial charge is 0.324 e. The molecule has 0 bridgehead atoms. The van der Waals surface area contributed by atoms with Gasteiger partial charge in [0.25, 0.3) is 5.91 Å². The number of pyridine rings is 1. The van der Waals surface area contributed by atoms with Crippen molar-refractivity contribution in [1.82, 2.24) is 25.2 Å². The maximum atomic E-state index is 12.8. The predicted molar refractivity (Wildman–Crippen MR) is 128 cm³/mol. The van der Waals surface area contributed by atoms with Crippen LogP contribution in [0.25, 0.3) is 0 Å². The Morgan fingerprint density at radius 1 is 1.12 bits per heavy atom. The summed E-state index contributed by atoms with van der Waals surface area (Å²) in [6.45, 7) is 4.23. The van der Waals surface area contributed by atoms with Gasteiger partial charge in [-0.2, -0.15) is 0 Å². The summed E-state index contributed by atoms with van der Waals surface area (Å²) in [6.07, 6.45) is 5.69. The number of ether oxygens (including phenoxy) is 1. The Morgan fingerprint density at radius 3 is 2.74 bits per heavy atom. The largest absolute Gasteiger partial charge is 0.495 e. The van der Waals surface area contributed by atoms with E-state index >= 15 is 0 Å². The maximum absolute atomic E-state index is 12.8. The van der Waals surface area contributed by atoms with E-state index in [1.54, 1.807) is 30.6 Å². The third-order valence-corrected chi connectivity index (χ3v) is 5.45. The number of hydrogen-bond acceptors (Lipinski definition) is 7. The molecule has 3 amide bonds. The van der Waals surface area contributed by atoms with Crippen LogP contribution in [-0.4, -0.2) is 58.0 Å². The van der Waals surface area contributed by atoms with Crippen LogP contribution in [0, 0.1) is 6.92 Å². The van der Waals surface area contributed by atoms with Gasteiger partial charge in [0.1, 0.15) is 5.75 Å². The first-order valence-electron chi connectivity index (χ1n) is 11.0. The number of aryl methyl sites for hydroxylation is 1. The quantitative estimate of drug-likeness (QED) is 0.495. The minimum Gasteiger partial charge on any atom is -0.495 e. The Kier molecular flexibility index (Phi) is 7.28. The molecule has 1 atom stereocenters. The third kappa shape index (κ3) is 6.04. The van der Waals surface area contributed by atoms with Crippen LogP contribution in [0.3, 0.4) is 0 Å². The summed E-state index contributed by atoms with van der Waals surface area (Å²) in [4.78, 5) is 40.0. The van der Waals surface area contributed by atoms with E-state index in [2.05, 4.69) is 35.8 Å². The lowest BCUT2D eigenvalue weighted by molar-refractivity contribution is 0.0937. The number of benzene rings is 1. The van der Waals surface area contributed by atoms with Crippen molar-refractivity contribution in [3.8, 4) is 5.75 Å². The first-order chi connectivity index (χ1) is 16.5. The van der Waals surface area contributed by atoms with Crippen LogP contribution < -0.4 is 20.7 Å². The molecule has 1 aliphatic rings. The highest BCUT2D eigenvalue weighted by Gasteiger charge is 2.25. The molecular weight excluding hydrogens is 434 g/mol. The first-order valence-corrected chi connectivity index (χ1v) is 11.0. The summed E-state index contributed by atoms with van der Waals surface area (Å²) in [6, 6.07) is 10.3. The average molecular weight is 462 g/mol. The van der Waals surface area contributed by atoms with E-state index < -0.39 is 6.03 Å². The lowest BCUT2D eigenvalue weighted by Crippen LogP contribution is -2.37. The van der Waals surface area contributed by atoms with Gasteiger partial charge in [-0.25, -0.2) is 9.78 Å². The zero-order chi connectivity index (χ0) is 23.9. The van der Waals surface area contributed by atoms with Crippen molar-refractivity contribution in [2.45, 2.75) is 25.9 Å². The van der Waals surface area contributed by atoms with Crippen molar-refractivity contribution >= 4 is 23.4 Å². The van der Waals surface area contributed by atoms with Gasteiger partial charge in [0.05, 0.1) is 36.6 Å². The van der Waals surface area contributed by atoms with Gasteiger partial charge in [-0.15, -0.1) is 0 Å². The number of urea groups is 1. The monoisotopic (exact) mass is 461 g/mol. The Bertz CT molecular complexity index is 1140. The normalized spacial score (nSPS) is 15.5. The maximum Gasteiger partial charge on any atom is 0.324 e. The fourth-order valence-corrected chi connectivity index (χ4v) is 3.75. The summed E-state index contributed by atoms with van der Waals surface area (Å²) in [5.41, 5.74) is 2.65. The number of hydrogen-bond donors (Lipinski definition) is 3. The van der Waals surface area contributed by atoms with Gasteiger partial charge in [-0.1, -0.05) is 6.07 Å². The van der Waals surface area contributed by atoms with Gasteiger partial charge in [-0.3, -0.25) is 25.0 Å². The summed E-state index contributed by atoms with van der Waals surface area (Å²) in [5.74, 6) is 0.515. The van der Waals surface area contributed by atoms with Crippen LogP contribution in [0.1, 0.15) is 28.2 Å². The number of carbonyl (C=O) groups is 2. The zero-order valence-corrected chi connectivity index (χ0v) is 19.1. The molecular formula is C24H27N7O3. The summed E-state index contributed by atoms with van der Waals surface area (Å²) in [7, 11) is 1.48. The number of nitrogens with one attached hydrogen (secondary N) is 3. The Morgan fingerprint density at radius 2 is 2.00 bits per heavy atom. The molecule has 176 valence electrons. The summed E-state index contributed by atoms with van der Waals surface area (Å²) >= 11 is 0. The lowest BCUT2D eigenvalue weighted by Gasteiger charge is -2.17. The highest BCUT2D eigenvalue weighted by atomic mass is 16.5. The van der Waals surface area contributed by atoms with Crippen LogP contribution in [-0.2, 0) is 6.54 Å². The second kappa shape index (κ2) is 10.7. The Hall–Kier alpha value is -4.05. The number of anilines is 2. The molecule has 3 N–H and O–H groups in total. The number of amides is 3. The number of rotatable bonds is 7. The van der Waals surface area contributed by atoms with Crippen molar-refractivity contribution in [2.24, 2.45) is 0 Å². The third-order valence-electron chi connectivity index (χ3n) is 5.45. The second-order valence-corrected chi connectivity index (χ2v) is 8.05. The SMILES string of the molecule is COc1cc(C(=O)N[C@H]2CCN(Cc3ccccn3)C2)ccc1NC(=O)Nc1cnc(C)cn1. The molecule has 1 aromatic carbocycles. The van der Waals surface area contributed by atoms with E-state index in [-0.39, 0.29) is 11.9 Å². The minimum atomic E-state index is -0.493. The van der Waals surface area contributed by atoms with E-state index in [9.17, 15) is 9.59 Å². The van der Waals surface area contributed by atoms with E-state index in [0.29, 0.717) is 22.8 Å². The highest BCUT2D eigenvalue weighted by molar-refractivity contribution is 6.01. The molecule has 3 aromatic rings. The lowest BCUT2D eigenvalue weighted by atomic mass is 10.1. The minimum absolute atomic E-state index is 0.0569. The van der Waals surface area contributed by atoms with Crippen molar-refractivity contribution in [2.75, 3.05) is 30.8 Å². The van der Waals surface area contributed by atoms with Gasteiger partial charge in [0, 0.05) is 37.4 Å². The Balaban J connectivity index is 1.33. The molecule has 3 heterocycles. The number of methoxy groups -OCH3 is 1. The summed E-state index contributed by atoms with van der Waals surface area (Å²) < 4.78 is 5.39. The number of likely N-dealkylation sites (tertiary alicyclic amines) is 1. The van der Waals surface area contributed by atoms with Crippen LogP contribution in [0.5, 0.6) is 5.75 Å². The topological polar surface area (TPSA) is 121 Å². The molecule has 0 aliphatic carbocycles. The fourth-order valence-electron chi connectivity index (χ4n) is 3.75. The van der Waals surface area contributed by atoms with Gasteiger partial charge >= 0.3 is 6.03 Å². The molecule has 10 heteroatoms. The van der Waals surface area contributed by atoms with Crippen molar-refractivity contribution < 1.29 is 14.3 Å². The molecule has 1 aliphatic heterocycles. The molecule has 0 unspecified atom stereocenters. The van der Waals surface area contributed by atoms with Gasteiger partial charge in [-0.05, 0) is 43.7 Å². The van der Waals surface area contributed by atoms with Crippen LogP contribution in [0.4, 0.5) is 16.3 Å².